The largest absolute Gasteiger partial charge is 0.508 e. The van der Waals surface area contributed by atoms with Gasteiger partial charge in [0.2, 0.25) is 5.78 Å². The normalized spacial score (nSPS) is 14.2. The van der Waals surface area contributed by atoms with Crippen LogP contribution in [-0.4, -0.2) is 39.1 Å². The second-order valence-corrected chi connectivity index (χ2v) is 5.50. The molecule has 0 aromatic heterocycles. The predicted molar refractivity (Wildman–Crippen MR) is 81.8 cm³/mol. The number of carbonyl (C=O) groups excluding carboxylic acids is 2. The number of benzene rings is 2. The number of phenolic OH excluding ortho intramolecular Hbond substituents is 4. The number of hydrogen-bond donors (Lipinski definition) is 4. The van der Waals surface area contributed by atoms with Gasteiger partial charge in [-0.2, -0.15) is 0 Å². The summed E-state index contributed by atoms with van der Waals surface area (Å²) in [6, 6.07) is 3.06. The van der Waals surface area contributed by atoms with Gasteiger partial charge in [-0.15, -0.1) is 0 Å². The average Bonchev–Trinajstić information content (AvgIpc) is 2.51. The molecule has 0 fully saturated rings. The van der Waals surface area contributed by atoms with Crippen LogP contribution in [-0.2, 0) is 4.74 Å². The fraction of sp³-hybridized carbons (Fsp3) is 0.176. The Kier molecular flexibility index (Phi) is 3.46. The van der Waals surface area contributed by atoms with Crippen molar-refractivity contribution in [3.05, 3.63) is 46.0 Å². The van der Waals surface area contributed by atoms with Crippen molar-refractivity contribution in [1.82, 2.24) is 0 Å². The van der Waals surface area contributed by atoms with E-state index in [0.717, 1.165) is 18.2 Å². The Hall–Kier alpha value is -3.06. The number of phenols is 4. The minimum Gasteiger partial charge on any atom is -0.508 e. The molecule has 0 saturated carbocycles. The van der Waals surface area contributed by atoms with Crippen molar-refractivity contribution >= 4 is 11.6 Å². The lowest BCUT2D eigenvalue weighted by atomic mass is 9.81. The summed E-state index contributed by atoms with van der Waals surface area (Å²) in [6.45, 7) is 1.56. The molecule has 0 spiro atoms. The van der Waals surface area contributed by atoms with Crippen molar-refractivity contribution in [3.63, 3.8) is 0 Å². The Morgan fingerprint density at radius 3 is 2.12 bits per heavy atom. The van der Waals surface area contributed by atoms with Crippen LogP contribution >= 0.6 is 0 Å². The van der Waals surface area contributed by atoms with Gasteiger partial charge < -0.3 is 25.2 Å². The molecule has 2 aromatic rings. The Bertz CT molecular complexity index is 899. The topological polar surface area (TPSA) is 124 Å². The maximum Gasteiger partial charge on any atom is 0.201 e. The fourth-order valence-electron chi connectivity index (χ4n) is 2.90. The number of methoxy groups -OCH3 is 1. The van der Waals surface area contributed by atoms with Crippen LogP contribution in [0.25, 0.3) is 0 Å². The van der Waals surface area contributed by atoms with E-state index < -0.39 is 34.9 Å². The second-order valence-electron chi connectivity index (χ2n) is 5.50. The SMILES string of the molecule is COC(C)c1c(O)cc2c(c1O)C(=O)c1c(O)cc(O)cc1C2=O. The maximum absolute atomic E-state index is 12.7. The van der Waals surface area contributed by atoms with E-state index in [1.54, 1.807) is 6.92 Å². The number of ether oxygens (including phenoxy) is 1. The van der Waals surface area contributed by atoms with E-state index in [4.69, 9.17) is 4.74 Å². The van der Waals surface area contributed by atoms with Crippen LogP contribution in [0.1, 0.15) is 50.4 Å². The molecule has 1 unspecified atom stereocenters. The minimum atomic E-state index is -0.779. The first-order chi connectivity index (χ1) is 11.3. The van der Waals surface area contributed by atoms with Gasteiger partial charge >= 0.3 is 0 Å². The van der Waals surface area contributed by atoms with E-state index in [1.165, 1.54) is 7.11 Å². The van der Waals surface area contributed by atoms with E-state index in [-0.39, 0.29) is 33.6 Å². The zero-order valence-electron chi connectivity index (χ0n) is 12.8. The Labute approximate surface area is 136 Å². The number of rotatable bonds is 2. The van der Waals surface area contributed by atoms with Gasteiger partial charge in [0.15, 0.2) is 5.78 Å². The van der Waals surface area contributed by atoms with Gasteiger partial charge in [-0.1, -0.05) is 0 Å². The minimum absolute atomic E-state index is 0.0286. The zero-order chi connectivity index (χ0) is 17.8. The van der Waals surface area contributed by atoms with Crippen molar-refractivity contribution in [3.8, 4) is 23.0 Å². The summed E-state index contributed by atoms with van der Waals surface area (Å²) in [5.41, 5.74) is -1.05. The van der Waals surface area contributed by atoms with Gasteiger partial charge in [0.25, 0.3) is 0 Å². The van der Waals surface area contributed by atoms with Crippen LogP contribution in [0.5, 0.6) is 23.0 Å². The predicted octanol–water partition coefficient (Wildman–Crippen LogP) is 1.99. The molecule has 124 valence electrons. The first-order valence-corrected chi connectivity index (χ1v) is 7.04. The van der Waals surface area contributed by atoms with Crippen molar-refractivity contribution in [2.24, 2.45) is 0 Å². The molecule has 4 N–H and O–H groups in total. The number of hydrogen-bond acceptors (Lipinski definition) is 7. The molecule has 0 bridgehead atoms. The zero-order valence-corrected chi connectivity index (χ0v) is 12.8. The quantitative estimate of drug-likeness (QED) is 0.566. The molecule has 7 heteroatoms. The van der Waals surface area contributed by atoms with Crippen molar-refractivity contribution in [1.29, 1.82) is 0 Å². The maximum atomic E-state index is 12.7. The molecular formula is C17H14O7. The summed E-state index contributed by atoms with van der Waals surface area (Å²) >= 11 is 0. The summed E-state index contributed by atoms with van der Waals surface area (Å²) in [4.78, 5) is 25.3. The van der Waals surface area contributed by atoms with Crippen LogP contribution in [0.4, 0.5) is 0 Å². The summed E-state index contributed by atoms with van der Waals surface area (Å²) in [6.07, 6.45) is -0.729. The van der Waals surface area contributed by atoms with Gasteiger partial charge in [-0.05, 0) is 19.1 Å². The monoisotopic (exact) mass is 330 g/mol. The van der Waals surface area contributed by atoms with Crippen LogP contribution in [0.2, 0.25) is 0 Å². The molecule has 2 aromatic carbocycles. The third kappa shape index (κ3) is 2.02. The highest BCUT2D eigenvalue weighted by Gasteiger charge is 2.37. The molecule has 7 nitrogen and oxygen atoms in total. The molecule has 24 heavy (non-hydrogen) atoms. The Balaban J connectivity index is 2.35. The number of carbonyl (C=O) groups is 2. The molecule has 1 aliphatic rings. The van der Waals surface area contributed by atoms with Crippen LogP contribution in [0, 0.1) is 0 Å². The van der Waals surface area contributed by atoms with Crippen LogP contribution < -0.4 is 0 Å². The third-order valence-corrected chi connectivity index (χ3v) is 4.12. The van der Waals surface area contributed by atoms with Crippen molar-refractivity contribution in [2.45, 2.75) is 13.0 Å². The first-order valence-electron chi connectivity index (χ1n) is 7.04. The van der Waals surface area contributed by atoms with Gasteiger partial charge in [-0.25, -0.2) is 0 Å². The fourth-order valence-corrected chi connectivity index (χ4v) is 2.90. The molecule has 0 radical (unpaired) electrons. The number of fused-ring (bicyclic) bond motifs is 2. The summed E-state index contributed by atoms with van der Waals surface area (Å²) in [5, 5.41) is 40.0. The highest BCUT2D eigenvalue weighted by molar-refractivity contribution is 6.30. The summed E-state index contributed by atoms with van der Waals surface area (Å²) < 4.78 is 5.06. The first kappa shape index (κ1) is 15.8. The molecule has 0 aliphatic heterocycles. The van der Waals surface area contributed by atoms with E-state index >= 15 is 0 Å². The molecule has 3 rings (SSSR count). The highest BCUT2D eigenvalue weighted by atomic mass is 16.5. The molecule has 0 saturated heterocycles. The lowest BCUT2D eigenvalue weighted by Crippen LogP contribution is -2.22. The van der Waals surface area contributed by atoms with Gasteiger partial charge in [-0.3, -0.25) is 9.59 Å². The summed E-state index contributed by atoms with van der Waals surface area (Å²) in [7, 11) is 1.36. The standard InChI is InChI=1S/C17H14O7/c1-6(24-2)12-11(20)5-9-14(16(12)22)17(23)13-8(15(9)21)3-7(18)4-10(13)19/h3-6,18-20,22H,1-2H3. The van der Waals surface area contributed by atoms with Gasteiger partial charge in [0.1, 0.15) is 23.0 Å². The third-order valence-electron chi connectivity index (χ3n) is 4.12. The van der Waals surface area contributed by atoms with Gasteiger partial charge in [0, 0.05) is 24.3 Å². The van der Waals surface area contributed by atoms with E-state index in [2.05, 4.69) is 0 Å². The molecule has 0 amide bonds. The molecular weight excluding hydrogens is 316 g/mol. The Morgan fingerprint density at radius 1 is 0.875 bits per heavy atom. The highest BCUT2D eigenvalue weighted by Crippen LogP contribution is 2.44. The average molecular weight is 330 g/mol. The molecule has 1 atom stereocenters. The Morgan fingerprint density at radius 2 is 1.50 bits per heavy atom. The van der Waals surface area contributed by atoms with Gasteiger partial charge in [0.05, 0.1) is 22.8 Å². The smallest absolute Gasteiger partial charge is 0.201 e. The molecule has 0 heterocycles. The number of aromatic hydroxyl groups is 4. The van der Waals surface area contributed by atoms with Crippen LogP contribution in [0.15, 0.2) is 18.2 Å². The van der Waals surface area contributed by atoms with E-state index in [1.807, 2.05) is 0 Å². The van der Waals surface area contributed by atoms with Crippen molar-refractivity contribution in [2.75, 3.05) is 7.11 Å². The van der Waals surface area contributed by atoms with E-state index in [9.17, 15) is 30.0 Å². The van der Waals surface area contributed by atoms with Crippen LogP contribution in [0.3, 0.4) is 0 Å². The number of ketones is 2. The molecule has 1 aliphatic carbocycles. The second kappa shape index (κ2) is 5.24. The van der Waals surface area contributed by atoms with E-state index in [0.29, 0.717) is 0 Å². The lowest BCUT2D eigenvalue weighted by molar-refractivity contribution is 0.0968. The summed E-state index contributed by atoms with van der Waals surface area (Å²) in [5.74, 6) is -3.39. The lowest BCUT2D eigenvalue weighted by Gasteiger charge is -2.23. The van der Waals surface area contributed by atoms with Crippen molar-refractivity contribution < 1.29 is 34.8 Å².